The summed E-state index contributed by atoms with van der Waals surface area (Å²) >= 11 is 0. The Morgan fingerprint density at radius 2 is 0.958 bits per heavy atom. The van der Waals surface area contributed by atoms with Gasteiger partial charge < -0.3 is 0 Å². The second kappa shape index (κ2) is 21.0. The summed E-state index contributed by atoms with van der Waals surface area (Å²) in [4.78, 5) is 0. The van der Waals surface area contributed by atoms with Crippen molar-refractivity contribution in [3.63, 3.8) is 0 Å². The van der Waals surface area contributed by atoms with E-state index in [9.17, 15) is 8.42 Å². The molecule has 0 aromatic rings. The maximum absolute atomic E-state index is 10.2. The average molecular weight is 412 g/mol. The van der Waals surface area contributed by atoms with Gasteiger partial charge in [-0.05, 0) is 6.42 Å². The topological polar surface area (TPSA) is 138 Å². The van der Waals surface area contributed by atoms with Gasteiger partial charge in [0.1, 0.15) is 0 Å². The van der Waals surface area contributed by atoms with Gasteiger partial charge in [0.05, 0.1) is 6.61 Å². The Bertz CT molecular complexity index is 432. The molecule has 0 radical (unpaired) electrons. The van der Waals surface area contributed by atoms with Crippen LogP contribution in [0.5, 0.6) is 0 Å². The first-order valence-corrected chi connectivity index (χ1v) is 10.1. The van der Waals surface area contributed by atoms with E-state index in [0.717, 1.165) is 12.8 Å². The molecule has 0 amide bonds. The van der Waals surface area contributed by atoms with Crippen LogP contribution in [0.15, 0.2) is 0 Å². The van der Waals surface area contributed by atoms with Crippen LogP contribution in [-0.4, -0.2) is 96.2 Å². The van der Waals surface area contributed by atoms with E-state index in [0.29, 0.717) is 6.42 Å². The summed E-state index contributed by atoms with van der Waals surface area (Å²) in [5.74, 6) is 0. The minimum atomic E-state index is -4.67. The molecule has 0 aliphatic carbocycles. The molecule has 8 nitrogen and oxygen atoms in total. The zero-order valence-corrected chi connectivity index (χ0v) is 14.6. The molecule has 3 N–H and O–H groups in total. The van der Waals surface area contributed by atoms with Gasteiger partial charge in [-0.25, -0.2) is 4.18 Å². The van der Waals surface area contributed by atoms with E-state index in [1.165, 1.54) is 44.9 Å². The molecule has 0 aliphatic heterocycles. The van der Waals surface area contributed by atoms with Crippen LogP contribution in [0, 0.1) is 0 Å². The third-order valence-electron chi connectivity index (χ3n) is 2.73. The number of rotatable bonds is 12. The van der Waals surface area contributed by atoms with Crippen LogP contribution >= 0.6 is 0 Å². The summed E-state index contributed by atoms with van der Waals surface area (Å²) in [5.41, 5.74) is 0. The van der Waals surface area contributed by atoms with Crippen molar-refractivity contribution >= 4 is 79.9 Å². The van der Waals surface area contributed by atoms with Gasteiger partial charge in [-0.3, -0.25) is 13.7 Å². The molecule has 24 heavy (non-hydrogen) atoms. The van der Waals surface area contributed by atoms with Crippen molar-refractivity contribution in [1.82, 2.24) is 0 Å². The molecular weight excluding hydrogens is 382 g/mol. The van der Waals surface area contributed by atoms with E-state index in [1.807, 2.05) is 0 Å². The Morgan fingerprint density at radius 1 is 0.667 bits per heavy atom. The number of hydrogen-bond donors (Lipinski definition) is 3. The minimum absolute atomic E-state index is 0. The van der Waals surface area contributed by atoms with Gasteiger partial charge in [0.15, 0.2) is 0 Å². The molecule has 12 heteroatoms. The second-order valence-corrected chi connectivity index (χ2v) is 6.87. The van der Waals surface area contributed by atoms with E-state index in [4.69, 9.17) is 22.1 Å². The molecule has 0 spiro atoms. The Morgan fingerprint density at radius 3 is 1.25 bits per heavy atom. The molecule has 0 fully saturated rings. The molecule has 0 heterocycles. The molecule has 0 aliphatic rings. The van der Waals surface area contributed by atoms with Crippen LogP contribution in [-0.2, 0) is 25.0 Å². The summed E-state index contributed by atoms with van der Waals surface area (Å²) < 4.78 is 64.6. The van der Waals surface area contributed by atoms with Crippen LogP contribution in [0.25, 0.3) is 0 Å². The van der Waals surface area contributed by atoms with Crippen LogP contribution in [0.2, 0.25) is 0 Å². The summed E-state index contributed by atoms with van der Waals surface area (Å²) in [6.45, 7) is 2.31. The fraction of sp³-hybridized carbons (Fsp3) is 1.00. The molecule has 0 bridgehead atoms. The van der Waals surface area contributed by atoms with E-state index >= 15 is 0 Å². The quantitative estimate of drug-likeness (QED) is 0.250. The standard InChI is InChI=1S/C12H26O4S.2Na.H2O4S.2H/c1-2-3-4-5-6-7-8-9-10-11-12-16-17(13,14)15;;;1-5(2,3)4;;/h2-12H2,1H3,(H,13,14,15);;;(H2,1,2,3,4);;. The van der Waals surface area contributed by atoms with Gasteiger partial charge in [0.2, 0.25) is 0 Å². The third-order valence-corrected chi connectivity index (χ3v) is 3.19. The van der Waals surface area contributed by atoms with E-state index in [2.05, 4.69) is 11.1 Å². The molecule has 0 aromatic carbocycles. The average Bonchev–Trinajstić information content (AvgIpc) is 2.32. The Kier molecular flexibility index (Phi) is 29.2. The first-order valence-electron chi connectivity index (χ1n) is 7.38. The van der Waals surface area contributed by atoms with Crippen LogP contribution in [0.1, 0.15) is 71.1 Å². The van der Waals surface area contributed by atoms with E-state index in [-0.39, 0.29) is 65.7 Å². The van der Waals surface area contributed by atoms with Crippen molar-refractivity contribution in [3.05, 3.63) is 0 Å². The Balaban J connectivity index is -0.000000250. The third kappa shape index (κ3) is 49.6. The van der Waals surface area contributed by atoms with Crippen molar-refractivity contribution in [2.24, 2.45) is 0 Å². The van der Waals surface area contributed by atoms with Gasteiger partial charge in [0.25, 0.3) is 0 Å². The number of unbranched alkanes of at least 4 members (excludes halogenated alkanes) is 9. The monoisotopic (exact) mass is 412 g/mol. The molecule has 0 rings (SSSR count). The van der Waals surface area contributed by atoms with Crippen LogP contribution < -0.4 is 0 Å². The van der Waals surface area contributed by atoms with Crippen molar-refractivity contribution < 1.29 is 34.7 Å². The molecular formula is C12H30Na2O8S2. The maximum atomic E-state index is 10.2. The normalized spacial score (nSPS) is 10.8. The molecule has 0 aromatic heterocycles. The predicted octanol–water partition coefficient (Wildman–Crippen LogP) is 1.78. The molecule has 0 atom stereocenters. The van der Waals surface area contributed by atoms with Gasteiger partial charge >= 0.3 is 79.9 Å². The van der Waals surface area contributed by atoms with Crippen LogP contribution in [0.4, 0.5) is 0 Å². The summed E-state index contributed by atoms with van der Waals surface area (Å²) in [6.07, 6.45) is 11.9. The van der Waals surface area contributed by atoms with Crippen LogP contribution in [0.3, 0.4) is 0 Å². The van der Waals surface area contributed by atoms with Crippen molar-refractivity contribution in [1.29, 1.82) is 0 Å². The zero-order chi connectivity index (χ0) is 17.5. The fourth-order valence-electron chi connectivity index (χ4n) is 1.75. The Labute approximate surface area is 190 Å². The van der Waals surface area contributed by atoms with Gasteiger partial charge in [0, 0.05) is 0 Å². The van der Waals surface area contributed by atoms with Crippen molar-refractivity contribution in [2.45, 2.75) is 71.1 Å². The molecule has 0 saturated carbocycles. The Hall–Kier alpha value is 1.74. The van der Waals surface area contributed by atoms with Crippen molar-refractivity contribution in [2.75, 3.05) is 6.61 Å². The van der Waals surface area contributed by atoms with Crippen molar-refractivity contribution in [3.8, 4) is 0 Å². The zero-order valence-electron chi connectivity index (χ0n) is 13.0. The predicted molar refractivity (Wildman–Crippen MR) is 97.8 cm³/mol. The molecule has 140 valence electrons. The first-order chi connectivity index (χ1) is 10.1. The summed E-state index contributed by atoms with van der Waals surface area (Å²) in [7, 11) is -8.90. The number of hydrogen-bond acceptors (Lipinski definition) is 5. The van der Waals surface area contributed by atoms with E-state index < -0.39 is 20.8 Å². The molecule has 0 unspecified atom stereocenters. The van der Waals surface area contributed by atoms with Gasteiger partial charge in [-0.1, -0.05) is 64.7 Å². The molecule has 0 saturated heterocycles. The van der Waals surface area contributed by atoms with Gasteiger partial charge in [-0.15, -0.1) is 0 Å². The summed E-state index contributed by atoms with van der Waals surface area (Å²) in [5, 5.41) is 0. The fourth-order valence-corrected chi connectivity index (χ4v) is 2.08. The van der Waals surface area contributed by atoms with E-state index in [1.54, 1.807) is 0 Å². The van der Waals surface area contributed by atoms with Gasteiger partial charge in [-0.2, -0.15) is 16.8 Å². The second-order valence-electron chi connectivity index (χ2n) is 4.88. The first kappa shape index (κ1) is 33.3. The summed E-state index contributed by atoms with van der Waals surface area (Å²) in [6, 6.07) is 0. The SMILES string of the molecule is CCCCCCCCCCCCOS(=O)(=O)O.O=S(=O)(O)O.[NaH].[NaH].